The quantitative estimate of drug-likeness (QED) is 0.479. The van der Waals surface area contributed by atoms with Crippen molar-refractivity contribution in [1.82, 2.24) is 0 Å². The molecule has 0 bridgehead atoms. The second kappa shape index (κ2) is 4.90. The standard InChI is InChI=1S/C13H11ClFNO2/c1-8-6-9(15)7-10-11(8)16(5-3-2-4-14)13(18)12(10)17/h2-3,6-7H,4-5H2,1H3/b3-2+. The zero-order valence-electron chi connectivity index (χ0n) is 9.74. The number of amides is 1. The fourth-order valence-corrected chi connectivity index (χ4v) is 2.15. The van der Waals surface area contributed by atoms with Gasteiger partial charge in [0.25, 0.3) is 11.7 Å². The first-order valence-corrected chi connectivity index (χ1v) is 5.97. The minimum atomic E-state index is -0.660. The van der Waals surface area contributed by atoms with E-state index >= 15 is 0 Å². The molecule has 0 saturated heterocycles. The Bertz CT molecular complexity index is 554. The summed E-state index contributed by atoms with van der Waals surface area (Å²) in [4.78, 5) is 24.9. The molecule has 1 aromatic carbocycles. The van der Waals surface area contributed by atoms with Crippen LogP contribution in [0.1, 0.15) is 15.9 Å². The Morgan fingerprint density at radius 1 is 1.33 bits per heavy atom. The number of ketones is 1. The first-order chi connectivity index (χ1) is 8.56. The highest BCUT2D eigenvalue weighted by molar-refractivity contribution is 6.52. The van der Waals surface area contributed by atoms with Crippen LogP contribution in [-0.4, -0.2) is 24.1 Å². The van der Waals surface area contributed by atoms with Crippen molar-refractivity contribution in [2.45, 2.75) is 6.92 Å². The third-order valence-corrected chi connectivity index (χ3v) is 2.94. The van der Waals surface area contributed by atoms with Gasteiger partial charge in [0.15, 0.2) is 0 Å². The Kier molecular flexibility index (Phi) is 3.48. The molecule has 1 heterocycles. The molecule has 1 amide bonds. The molecule has 0 spiro atoms. The summed E-state index contributed by atoms with van der Waals surface area (Å²) in [6.45, 7) is 1.93. The van der Waals surface area contributed by atoms with Crippen molar-refractivity contribution in [3.63, 3.8) is 0 Å². The second-order valence-electron chi connectivity index (χ2n) is 3.99. The van der Waals surface area contributed by atoms with E-state index in [9.17, 15) is 14.0 Å². The molecule has 0 atom stereocenters. The lowest BCUT2D eigenvalue weighted by atomic mass is 10.1. The van der Waals surface area contributed by atoms with E-state index in [4.69, 9.17) is 11.6 Å². The molecule has 0 fully saturated rings. The average molecular weight is 268 g/mol. The van der Waals surface area contributed by atoms with Crippen LogP contribution in [0.2, 0.25) is 0 Å². The van der Waals surface area contributed by atoms with Gasteiger partial charge < -0.3 is 4.90 Å². The predicted molar refractivity (Wildman–Crippen MR) is 67.7 cm³/mol. The first kappa shape index (κ1) is 12.8. The minimum Gasteiger partial charge on any atom is -0.301 e. The number of fused-ring (bicyclic) bond motifs is 1. The summed E-state index contributed by atoms with van der Waals surface area (Å²) in [5.74, 6) is -1.46. The molecule has 94 valence electrons. The highest BCUT2D eigenvalue weighted by atomic mass is 35.5. The Labute approximate surface area is 109 Å². The lowest BCUT2D eigenvalue weighted by Crippen LogP contribution is -2.30. The summed E-state index contributed by atoms with van der Waals surface area (Å²) in [6.07, 6.45) is 3.40. The fraction of sp³-hybridized carbons (Fsp3) is 0.231. The van der Waals surface area contributed by atoms with Crippen LogP contribution < -0.4 is 4.90 Å². The maximum atomic E-state index is 13.2. The van der Waals surface area contributed by atoms with E-state index in [0.29, 0.717) is 17.1 Å². The highest BCUT2D eigenvalue weighted by Crippen LogP contribution is 2.32. The van der Waals surface area contributed by atoms with Crippen LogP contribution in [0.5, 0.6) is 0 Å². The molecule has 2 rings (SSSR count). The van der Waals surface area contributed by atoms with Gasteiger partial charge in [0.1, 0.15) is 5.82 Å². The molecule has 0 N–H and O–H groups in total. The minimum absolute atomic E-state index is 0.136. The summed E-state index contributed by atoms with van der Waals surface area (Å²) in [6, 6.07) is 2.41. The number of hydrogen-bond donors (Lipinski definition) is 0. The molecular weight excluding hydrogens is 257 g/mol. The summed E-state index contributed by atoms with van der Waals surface area (Å²) in [5, 5.41) is 0. The Morgan fingerprint density at radius 3 is 2.72 bits per heavy atom. The number of allylic oxidation sites excluding steroid dienone is 1. The van der Waals surface area contributed by atoms with Gasteiger partial charge in [-0.25, -0.2) is 4.39 Å². The fourth-order valence-electron chi connectivity index (χ4n) is 2.02. The van der Waals surface area contributed by atoms with E-state index in [1.807, 2.05) is 0 Å². The molecule has 1 aromatic rings. The van der Waals surface area contributed by atoms with Crippen LogP contribution in [0.15, 0.2) is 24.3 Å². The molecule has 5 heteroatoms. The van der Waals surface area contributed by atoms with Gasteiger partial charge in [-0.2, -0.15) is 0 Å². The number of carbonyl (C=O) groups is 2. The zero-order valence-corrected chi connectivity index (χ0v) is 10.5. The molecule has 0 radical (unpaired) electrons. The predicted octanol–water partition coefficient (Wildman–Crippen LogP) is 2.46. The Balaban J connectivity index is 2.45. The summed E-state index contributed by atoms with van der Waals surface area (Å²) < 4.78 is 13.2. The smallest absolute Gasteiger partial charge is 0.299 e. The first-order valence-electron chi connectivity index (χ1n) is 5.43. The van der Waals surface area contributed by atoms with Crippen LogP contribution in [-0.2, 0) is 4.79 Å². The van der Waals surface area contributed by atoms with Gasteiger partial charge in [-0.15, -0.1) is 11.6 Å². The maximum Gasteiger partial charge on any atom is 0.299 e. The summed E-state index contributed by atoms with van der Waals surface area (Å²) in [7, 11) is 0. The third-order valence-electron chi connectivity index (χ3n) is 2.76. The largest absolute Gasteiger partial charge is 0.301 e. The van der Waals surface area contributed by atoms with Gasteiger partial charge in [0.2, 0.25) is 0 Å². The Hall–Kier alpha value is -1.68. The van der Waals surface area contributed by atoms with Crippen molar-refractivity contribution >= 4 is 29.0 Å². The molecule has 0 aliphatic carbocycles. The molecule has 1 aliphatic rings. The molecule has 3 nitrogen and oxygen atoms in total. The van der Waals surface area contributed by atoms with Crippen LogP contribution in [0, 0.1) is 12.7 Å². The number of nitrogens with zero attached hydrogens (tertiary/aromatic N) is 1. The number of carbonyl (C=O) groups excluding carboxylic acids is 2. The third kappa shape index (κ3) is 2.04. The van der Waals surface area contributed by atoms with Crippen molar-refractivity contribution in [3.8, 4) is 0 Å². The normalized spacial score (nSPS) is 14.7. The molecule has 0 unspecified atom stereocenters. The lowest BCUT2D eigenvalue weighted by Gasteiger charge is -2.16. The number of hydrogen-bond acceptors (Lipinski definition) is 2. The van der Waals surface area contributed by atoms with E-state index in [-0.39, 0.29) is 12.1 Å². The van der Waals surface area contributed by atoms with Crippen molar-refractivity contribution < 1.29 is 14.0 Å². The van der Waals surface area contributed by atoms with Gasteiger partial charge in [0, 0.05) is 12.4 Å². The van der Waals surface area contributed by atoms with E-state index in [1.165, 1.54) is 11.0 Å². The second-order valence-corrected chi connectivity index (χ2v) is 4.30. The van der Waals surface area contributed by atoms with Gasteiger partial charge in [-0.05, 0) is 24.6 Å². The summed E-state index contributed by atoms with van der Waals surface area (Å²) >= 11 is 5.50. The van der Waals surface area contributed by atoms with Crippen molar-refractivity contribution in [2.24, 2.45) is 0 Å². The number of alkyl halides is 1. The Morgan fingerprint density at radius 2 is 2.06 bits per heavy atom. The monoisotopic (exact) mass is 267 g/mol. The van der Waals surface area contributed by atoms with Gasteiger partial charge in [0.05, 0.1) is 11.3 Å². The van der Waals surface area contributed by atoms with Gasteiger partial charge in [-0.1, -0.05) is 12.2 Å². The lowest BCUT2D eigenvalue weighted by molar-refractivity contribution is -0.114. The van der Waals surface area contributed by atoms with Crippen molar-refractivity contribution in [2.75, 3.05) is 17.3 Å². The number of Topliss-reactive ketones (excluding diaryl/α,β-unsaturated/α-hetero) is 1. The number of anilines is 1. The SMILES string of the molecule is Cc1cc(F)cc2c1N(C/C=C/CCl)C(=O)C2=O. The highest BCUT2D eigenvalue weighted by Gasteiger charge is 2.36. The zero-order chi connectivity index (χ0) is 13.3. The molecular formula is C13H11ClFNO2. The number of aryl methyl sites for hydroxylation is 1. The molecule has 0 aromatic heterocycles. The van der Waals surface area contributed by atoms with Gasteiger partial charge >= 0.3 is 0 Å². The van der Waals surface area contributed by atoms with E-state index in [0.717, 1.165) is 6.07 Å². The average Bonchev–Trinajstić information content (AvgIpc) is 2.55. The van der Waals surface area contributed by atoms with Crippen LogP contribution in [0.3, 0.4) is 0 Å². The van der Waals surface area contributed by atoms with Crippen LogP contribution in [0.25, 0.3) is 0 Å². The maximum absolute atomic E-state index is 13.2. The van der Waals surface area contributed by atoms with E-state index in [2.05, 4.69) is 0 Å². The van der Waals surface area contributed by atoms with Crippen LogP contribution in [0.4, 0.5) is 10.1 Å². The van der Waals surface area contributed by atoms with Crippen molar-refractivity contribution in [1.29, 1.82) is 0 Å². The number of rotatable bonds is 3. The molecule has 1 aliphatic heterocycles. The topological polar surface area (TPSA) is 37.4 Å². The van der Waals surface area contributed by atoms with E-state index in [1.54, 1.807) is 19.1 Å². The van der Waals surface area contributed by atoms with Crippen LogP contribution >= 0.6 is 11.6 Å². The molecule has 0 saturated carbocycles. The number of halogens is 2. The summed E-state index contributed by atoms with van der Waals surface area (Å²) in [5.41, 5.74) is 1.20. The van der Waals surface area contributed by atoms with Gasteiger partial charge in [-0.3, -0.25) is 9.59 Å². The van der Waals surface area contributed by atoms with E-state index < -0.39 is 17.5 Å². The molecule has 18 heavy (non-hydrogen) atoms. The van der Waals surface area contributed by atoms with Crippen molar-refractivity contribution in [3.05, 3.63) is 41.2 Å². The number of benzene rings is 1.